The number of benzene rings is 2. The van der Waals surface area contributed by atoms with Crippen molar-refractivity contribution in [2.75, 3.05) is 11.9 Å². The standard InChI is InChI=1S/C18H20ClNO2/c1-18(2,3)13-8-4-7-11-16(13)22-12-17(21)20-15-10-6-5-9-14(15)19/h4-11H,12H2,1-3H3,(H,20,21). The fourth-order valence-electron chi connectivity index (χ4n) is 2.10. The number of rotatable bonds is 4. The van der Waals surface area contributed by atoms with Gasteiger partial charge < -0.3 is 10.1 Å². The second-order valence-corrected chi connectivity index (χ2v) is 6.47. The largest absolute Gasteiger partial charge is 0.483 e. The molecule has 0 saturated heterocycles. The highest BCUT2D eigenvalue weighted by molar-refractivity contribution is 6.33. The Bertz CT molecular complexity index is 662. The van der Waals surface area contributed by atoms with Gasteiger partial charge in [0.25, 0.3) is 5.91 Å². The van der Waals surface area contributed by atoms with Crippen LogP contribution < -0.4 is 10.1 Å². The smallest absolute Gasteiger partial charge is 0.262 e. The normalized spacial score (nSPS) is 11.1. The highest BCUT2D eigenvalue weighted by Gasteiger charge is 2.18. The zero-order valence-electron chi connectivity index (χ0n) is 13.0. The Morgan fingerprint density at radius 3 is 2.41 bits per heavy atom. The van der Waals surface area contributed by atoms with Crippen LogP contribution in [0.25, 0.3) is 0 Å². The average molecular weight is 318 g/mol. The van der Waals surface area contributed by atoms with Crippen LogP contribution in [0.2, 0.25) is 5.02 Å². The summed E-state index contributed by atoms with van der Waals surface area (Å²) in [6, 6.07) is 14.9. The molecule has 0 saturated carbocycles. The molecule has 0 bridgehead atoms. The molecule has 0 atom stereocenters. The van der Waals surface area contributed by atoms with Crippen molar-refractivity contribution >= 4 is 23.2 Å². The van der Waals surface area contributed by atoms with E-state index < -0.39 is 0 Å². The van der Waals surface area contributed by atoms with Crippen LogP contribution in [-0.4, -0.2) is 12.5 Å². The molecule has 0 fully saturated rings. The van der Waals surface area contributed by atoms with Crippen LogP contribution in [0.4, 0.5) is 5.69 Å². The van der Waals surface area contributed by atoms with Crippen LogP contribution in [0.15, 0.2) is 48.5 Å². The van der Waals surface area contributed by atoms with Crippen molar-refractivity contribution < 1.29 is 9.53 Å². The number of carbonyl (C=O) groups excluding carboxylic acids is 1. The van der Waals surface area contributed by atoms with Gasteiger partial charge in [-0.2, -0.15) is 0 Å². The van der Waals surface area contributed by atoms with E-state index >= 15 is 0 Å². The molecule has 0 aliphatic carbocycles. The van der Waals surface area contributed by atoms with Crippen molar-refractivity contribution in [1.82, 2.24) is 0 Å². The maximum absolute atomic E-state index is 12.0. The number of nitrogens with one attached hydrogen (secondary N) is 1. The number of hydrogen-bond acceptors (Lipinski definition) is 2. The van der Waals surface area contributed by atoms with E-state index in [1.165, 1.54) is 0 Å². The Morgan fingerprint density at radius 1 is 1.09 bits per heavy atom. The summed E-state index contributed by atoms with van der Waals surface area (Å²) in [6.45, 7) is 6.27. The molecule has 0 aliphatic rings. The van der Waals surface area contributed by atoms with Gasteiger partial charge in [0.2, 0.25) is 0 Å². The SMILES string of the molecule is CC(C)(C)c1ccccc1OCC(=O)Nc1ccccc1Cl. The van der Waals surface area contributed by atoms with Gasteiger partial charge in [-0.25, -0.2) is 0 Å². The van der Waals surface area contributed by atoms with E-state index in [1.807, 2.05) is 36.4 Å². The number of carbonyl (C=O) groups is 1. The summed E-state index contributed by atoms with van der Waals surface area (Å²) in [5.41, 5.74) is 1.61. The fraction of sp³-hybridized carbons (Fsp3) is 0.278. The molecule has 116 valence electrons. The van der Waals surface area contributed by atoms with Gasteiger partial charge in [-0.3, -0.25) is 4.79 Å². The van der Waals surface area contributed by atoms with E-state index in [9.17, 15) is 4.79 Å². The molecule has 2 rings (SSSR count). The van der Waals surface area contributed by atoms with Crippen LogP contribution in [-0.2, 0) is 10.2 Å². The lowest BCUT2D eigenvalue weighted by Crippen LogP contribution is -2.22. The van der Waals surface area contributed by atoms with Crippen molar-refractivity contribution in [2.24, 2.45) is 0 Å². The molecule has 0 unspecified atom stereocenters. The molecular weight excluding hydrogens is 298 g/mol. The van der Waals surface area contributed by atoms with Crippen molar-refractivity contribution in [1.29, 1.82) is 0 Å². The number of anilines is 1. The predicted molar refractivity (Wildman–Crippen MR) is 90.7 cm³/mol. The molecule has 22 heavy (non-hydrogen) atoms. The van der Waals surface area contributed by atoms with Crippen LogP contribution in [0, 0.1) is 0 Å². The molecule has 0 aliphatic heterocycles. The maximum atomic E-state index is 12.0. The Morgan fingerprint density at radius 2 is 1.73 bits per heavy atom. The number of halogens is 1. The van der Waals surface area contributed by atoms with E-state index in [4.69, 9.17) is 16.3 Å². The Labute approximate surface area is 136 Å². The van der Waals surface area contributed by atoms with Crippen molar-refractivity contribution in [3.05, 3.63) is 59.1 Å². The molecule has 1 amide bonds. The molecule has 1 N–H and O–H groups in total. The molecule has 0 heterocycles. The fourth-order valence-corrected chi connectivity index (χ4v) is 2.29. The van der Waals surface area contributed by atoms with E-state index in [0.717, 1.165) is 11.3 Å². The Balaban J connectivity index is 2.02. The van der Waals surface area contributed by atoms with E-state index in [1.54, 1.807) is 12.1 Å². The molecule has 2 aromatic rings. The first-order valence-electron chi connectivity index (χ1n) is 7.14. The zero-order chi connectivity index (χ0) is 16.2. The quantitative estimate of drug-likeness (QED) is 0.891. The average Bonchev–Trinajstić information content (AvgIpc) is 2.47. The minimum atomic E-state index is -0.239. The number of para-hydroxylation sites is 2. The zero-order valence-corrected chi connectivity index (χ0v) is 13.8. The first-order valence-corrected chi connectivity index (χ1v) is 7.52. The molecule has 3 nitrogen and oxygen atoms in total. The van der Waals surface area contributed by atoms with Gasteiger partial charge in [-0.1, -0.05) is 62.7 Å². The third kappa shape index (κ3) is 4.25. The third-order valence-corrected chi connectivity index (χ3v) is 3.53. The molecule has 4 heteroatoms. The number of amides is 1. The monoisotopic (exact) mass is 317 g/mol. The van der Waals surface area contributed by atoms with E-state index in [2.05, 4.69) is 26.1 Å². The lowest BCUT2D eigenvalue weighted by molar-refractivity contribution is -0.118. The number of ether oxygens (including phenoxy) is 1. The Hall–Kier alpha value is -2.00. The molecule has 0 aromatic heterocycles. The van der Waals surface area contributed by atoms with Gasteiger partial charge in [-0.15, -0.1) is 0 Å². The molecule has 0 spiro atoms. The van der Waals surface area contributed by atoms with Gasteiger partial charge in [-0.05, 0) is 29.2 Å². The van der Waals surface area contributed by atoms with E-state index in [-0.39, 0.29) is 17.9 Å². The van der Waals surface area contributed by atoms with Crippen LogP contribution in [0.5, 0.6) is 5.75 Å². The van der Waals surface area contributed by atoms with Gasteiger partial charge in [0.05, 0.1) is 10.7 Å². The maximum Gasteiger partial charge on any atom is 0.262 e. The summed E-state index contributed by atoms with van der Waals surface area (Å²) in [5, 5.41) is 3.25. The molecule has 2 aromatic carbocycles. The molecular formula is C18H20ClNO2. The predicted octanol–water partition coefficient (Wildman–Crippen LogP) is 4.66. The topological polar surface area (TPSA) is 38.3 Å². The third-order valence-electron chi connectivity index (χ3n) is 3.20. The minimum absolute atomic E-state index is 0.0458. The van der Waals surface area contributed by atoms with Gasteiger partial charge in [0.15, 0.2) is 6.61 Å². The number of hydrogen-bond donors (Lipinski definition) is 1. The van der Waals surface area contributed by atoms with Gasteiger partial charge >= 0.3 is 0 Å². The summed E-state index contributed by atoms with van der Waals surface area (Å²) in [7, 11) is 0. The summed E-state index contributed by atoms with van der Waals surface area (Å²) in [5.74, 6) is 0.487. The van der Waals surface area contributed by atoms with Crippen LogP contribution in [0.1, 0.15) is 26.3 Å². The van der Waals surface area contributed by atoms with Crippen molar-refractivity contribution in [3.8, 4) is 5.75 Å². The van der Waals surface area contributed by atoms with Gasteiger partial charge in [0, 0.05) is 0 Å². The van der Waals surface area contributed by atoms with Crippen LogP contribution >= 0.6 is 11.6 Å². The highest BCUT2D eigenvalue weighted by atomic mass is 35.5. The summed E-state index contributed by atoms with van der Waals surface area (Å²) in [6.07, 6.45) is 0. The Kier molecular flexibility index (Phi) is 5.09. The summed E-state index contributed by atoms with van der Waals surface area (Å²) >= 11 is 6.02. The van der Waals surface area contributed by atoms with Crippen LogP contribution in [0.3, 0.4) is 0 Å². The summed E-state index contributed by atoms with van der Waals surface area (Å²) in [4.78, 5) is 12.0. The summed E-state index contributed by atoms with van der Waals surface area (Å²) < 4.78 is 5.68. The lowest BCUT2D eigenvalue weighted by Gasteiger charge is -2.22. The lowest BCUT2D eigenvalue weighted by atomic mass is 9.86. The molecule has 0 radical (unpaired) electrons. The van der Waals surface area contributed by atoms with Crippen molar-refractivity contribution in [3.63, 3.8) is 0 Å². The second kappa shape index (κ2) is 6.84. The van der Waals surface area contributed by atoms with E-state index in [0.29, 0.717) is 10.7 Å². The first-order chi connectivity index (χ1) is 10.4. The highest BCUT2D eigenvalue weighted by Crippen LogP contribution is 2.30. The van der Waals surface area contributed by atoms with Gasteiger partial charge in [0.1, 0.15) is 5.75 Å². The first kappa shape index (κ1) is 16.4. The van der Waals surface area contributed by atoms with Crippen molar-refractivity contribution in [2.45, 2.75) is 26.2 Å². The minimum Gasteiger partial charge on any atom is -0.483 e. The second-order valence-electron chi connectivity index (χ2n) is 6.06.